The summed E-state index contributed by atoms with van der Waals surface area (Å²) in [5.41, 5.74) is 0. The fraction of sp³-hybridized carbons (Fsp3) is 0. The van der Waals surface area contributed by atoms with E-state index in [0.717, 1.165) is 0 Å². The molecule has 6 heteroatoms. The summed E-state index contributed by atoms with van der Waals surface area (Å²) in [6.45, 7) is 0. The summed E-state index contributed by atoms with van der Waals surface area (Å²) >= 11 is 0. The largest absolute Gasteiger partial charge is 0.344 e. The molecule has 0 amide bonds. The van der Waals surface area contributed by atoms with Crippen molar-refractivity contribution in [1.29, 1.82) is 0 Å². The quantitative estimate of drug-likeness (QED) is 0.311. The molecular weight excluding hydrogens is 182 g/mol. The molecule has 42 valence electrons. The Morgan fingerprint density at radius 1 is 1.67 bits per heavy atom. The summed E-state index contributed by atoms with van der Waals surface area (Å²) in [6.07, 6.45) is 0. The Morgan fingerprint density at radius 2 is 1.67 bits per heavy atom. The Morgan fingerprint density at radius 3 is 1.67 bits per heavy atom. The summed E-state index contributed by atoms with van der Waals surface area (Å²) in [5.74, 6) is 0. The smallest absolute Gasteiger partial charge is 0.291 e. The molecule has 0 aromatic heterocycles. The zero-order valence-electron chi connectivity index (χ0n) is 2.73. The first-order valence-electron chi connectivity index (χ1n) is 0.565. The van der Waals surface area contributed by atoms with E-state index < -0.39 is 5.09 Å². The molecule has 0 aromatic rings. The molecule has 0 unspecified atom stereocenters. The van der Waals surface area contributed by atoms with Gasteiger partial charge in [-0.1, -0.05) is 0 Å². The van der Waals surface area contributed by atoms with Crippen LogP contribution >= 0.6 is 0 Å². The molecule has 4 N–H and O–H groups in total. The van der Waals surface area contributed by atoms with Gasteiger partial charge < -0.3 is 11.4 Å². The van der Waals surface area contributed by atoms with E-state index in [1.54, 1.807) is 0 Å². The third kappa shape index (κ3) is 965. The first kappa shape index (κ1) is 17.0. The fourth-order valence-electron chi connectivity index (χ4n) is 0. The predicted octanol–water partition coefficient (Wildman–Crippen LogP) is -0.188. The van der Waals surface area contributed by atoms with E-state index in [0.29, 0.717) is 0 Å². The topological polar surface area (TPSA) is 98.4 Å². The Labute approximate surface area is 47.7 Å². The van der Waals surface area contributed by atoms with Gasteiger partial charge in [0.25, 0.3) is 5.09 Å². The van der Waals surface area contributed by atoms with E-state index >= 15 is 0 Å². The third-order valence-corrected chi connectivity index (χ3v) is 0. The van der Waals surface area contributed by atoms with Crippen molar-refractivity contribution in [2.75, 3.05) is 0 Å². The summed E-state index contributed by atoms with van der Waals surface area (Å²) in [5, 5.41) is 13.6. The maximum atomic E-state index is 8.36. The van der Waals surface area contributed by atoms with Crippen LogP contribution in [0.5, 0.6) is 0 Å². The maximum Gasteiger partial charge on any atom is 0.291 e. The maximum absolute atomic E-state index is 8.36. The molecule has 0 atom stereocenters. The van der Waals surface area contributed by atoms with Crippen LogP contribution < -0.4 is 6.15 Å². The second-order valence-corrected chi connectivity index (χ2v) is 0.238. The van der Waals surface area contributed by atoms with Crippen molar-refractivity contribution in [3.8, 4) is 0 Å². The first-order valence-corrected chi connectivity index (χ1v) is 0.565. The summed E-state index contributed by atoms with van der Waals surface area (Å²) in [6, 6.07) is 0. The Kier molecular flexibility index (Phi) is 25.1. The fourth-order valence-corrected chi connectivity index (χ4v) is 0. The molecule has 0 aromatic carbocycles. The standard InChI is InChI=1S/HNO3.H3N.Pd/c2-1(3)4;;/h(H,2,3,4);1H3;. The summed E-state index contributed by atoms with van der Waals surface area (Å²) in [4.78, 5) is 8.36. The van der Waals surface area contributed by atoms with Crippen LogP contribution in [0, 0.1) is 10.1 Å². The van der Waals surface area contributed by atoms with Crippen LogP contribution in [0.15, 0.2) is 0 Å². The average Bonchev–Trinajstić information content (AvgIpc) is 0.811. The van der Waals surface area contributed by atoms with Crippen molar-refractivity contribution in [3.63, 3.8) is 0 Å². The van der Waals surface area contributed by atoms with Gasteiger partial charge in [0.05, 0.1) is 0 Å². The van der Waals surface area contributed by atoms with Crippen LogP contribution in [0.1, 0.15) is 0 Å². The molecule has 0 aliphatic carbocycles. The van der Waals surface area contributed by atoms with Gasteiger partial charge in [-0.15, -0.1) is 10.1 Å². The van der Waals surface area contributed by atoms with Crippen molar-refractivity contribution in [1.82, 2.24) is 6.15 Å². The SMILES string of the molecule is N.O=[N+]([O-])O.[Pd]. The zero-order valence-corrected chi connectivity index (χ0v) is 4.29. The van der Waals surface area contributed by atoms with Gasteiger partial charge in [0.2, 0.25) is 0 Å². The zero-order chi connectivity index (χ0) is 3.58. The van der Waals surface area contributed by atoms with Gasteiger partial charge in [0, 0.05) is 20.4 Å². The first-order chi connectivity index (χ1) is 1.73. The second kappa shape index (κ2) is 8.84. The molecule has 0 spiro atoms. The minimum absolute atomic E-state index is 0. The normalized spacial score (nSPS) is 4.00. The van der Waals surface area contributed by atoms with Gasteiger partial charge >= 0.3 is 0 Å². The molecule has 0 bridgehead atoms. The van der Waals surface area contributed by atoms with E-state index in [4.69, 9.17) is 15.3 Å². The minimum atomic E-state index is -1.50. The molecule has 0 fully saturated rings. The monoisotopic (exact) mass is 186 g/mol. The van der Waals surface area contributed by atoms with E-state index in [1.807, 2.05) is 0 Å². The number of rotatable bonds is 0. The van der Waals surface area contributed by atoms with Crippen LogP contribution in [0.2, 0.25) is 0 Å². The van der Waals surface area contributed by atoms with Crippen LogP contribution in [-0.2, 0) is 20.4 Å². The number of nitrogens with zero attached hydrogens (tertiary/aromatic N) is 1. The van der Waals surface area contributed by atoms with Crippen LogP contribution in [0.3, 0.4) is 0 Å². The van der Waals surface area contributed by atoms with E-state index in [2.05, 4.69) is 0 Å². The van der Waals surface area contributed by atoms with Crippen LogP contribution in [0.4, 0.5) is 0 Å². The second-order valence-electron chi connectivity index (χ2n) is 0.238. The molecule has 0 rings (SSSR count). The van der Waals surface area contributed by atoms with Gasteiger partial charge in [-0.05, 0) is 0 Å². The summed E-state index contributed by atoms with van der Waals surface area (Å²) < 4.78 is 0. The van der Waals surface area contributed by atoms with Crippen molar-refractivity contribution >= 4 is 0 Å². The minimum Gasteiger partial charge on any atom is -0.344 e. The van der Waals surface area contributed by atoms with Gasteiger partial charge in [-0.2, -0.15) is 0 Å². The molecule has 6 heavy (non-hydrogen) atoms. The summed E-state index contributed by atoms with van der Waals surface area (Å²) in [7, 11) is 0. The van der Waals surface area contributed by atoms with Gasteiger partial charge in [-0.25, -0.2) is 0 Å². The molecular formula is H4N2O3Pd. The Bertz CT molecular complexity index is 31.8. The molecule has 0 heterocycles. The number of hydrogen-bond donors (Lipinski definition) is 2. The number of hydrogen-bond acceptors (Lipinski definition) is 3. The molecule has 0 aliphatic heterocycles. The predicted molar refractivity (Wildman–Crippen MR) is 13.8 cm³/mol. The van der Waals surface area contributed by atoms with Gasteiger partial charge in [0.15, 0.2) is 0 Å². The van der Waals surface area contributed by atoms with Crippen LogP contribution in [0.25, 0.3) is 0 Å². The van der Waals surface area contributed by atoms with Crippen molar-refractivity contribution in [3.05, 3.63) is 10.1 Å². The van der Waals surface area contributed by atoms with Crippen molar-refractivity contribution in [2.45, 2.75) is 0 Å². The molecule has 0 saturated heterocycles. The Hall–Kier alpha value is -0.178. The molecule has 0 saturated carbocycles. The Balaban J connectivity index is -0.0000000450. The van der Waals surface area contributed by atoms with Crippen molar-refractivity contribution in [2.24, 2.45) is 0 Å². The van der Waals surface area contributed by atoms with E-state index in [1.165, 1.54) is 0 Å². The van der Waals surface area contributed by atoms with Crippen LogP contribution in [-0.4, -0.2) is 10.3 Å². The molecule has 0 aliphatic rings. The molecule has 5 nitrogen and oxygen atoms in total. The van der Waals surface area contributed by atoms with Gasteiger partial charge in [-0.3, -0.25) is 0 Å². The third-order valence-electron chi connectivity index (χ3n) is 0. The van der Waals surface area contributed by atoms with E-state index in [-0.39, 0.29) is 26.6 Å². The van der Waals surface area contributed by atoms with Gasteiger partial charge in [0.1, 0.15) is 0 Å². The van der Waals surface area contributed by atoms with Crippen molar-refractivity contribution < 1.29 is 30.7 Å². The average molecular weight is 186 g/mol. The van der Waals surface area contributed by atoms with E-state index in [9.17, 15) is 0 Å². The molecule has 0 radical (unpaired) electrons.